The maximum Gasteiger partial charge on any atom is 0.304 e. The lowest BCUT2D eigenvalue weighted by atomic mass is 9.93. The molecule has 1 heterocycles. The Kier molecular flexibility index (Phi) is 5.94. The molecule has 2 N–H and O–H groups in total. The molecule has 0 radical (unpaired) electrons. The summed E-state index contributed by atoms with van der Waals surface area (Å²) in [6, 6.07) is 5.09. The topological polar surface area (TPSA) is 69.6 Å². The number of ketones is 1. The van der Waals surface area contributed by atoms with Gasteiger partial charge in [0.2, 0.25) is 0 Å². The molecule has 0 aliphatic carbocycles. The highest BCUT2D eigenvalue weighted by molar-refractivity contribution is 6.31. The van der Waals surface area contributed by atoms with E-state index in [4.69, 9.17) is 16.7 Å². The Bertz CT molecular complexity index is 556. The molecule has 1 saturated heterocycles. The second-order valence-electron chi connectivity index (χ2n) is 5.67. The number of aryl methyl sites for hydroxylation is 1. The summed E-state index contributed by atoms with van der Waals surface area (Å²) in [6.07, 6.45) is -0.148. The van der Waals surface area contributed by atoms with E-state index in [1.807, 2.05) is 6.92 Å². The van der Waals surface area contributed by atoms with Crippen molar-refractivity contribution in [2.45, 2.75) is 13.3 Å². The monoisotopic (exact) mass is 324 g/mol. The molecular weight excluding hydrogens is 304 g/mol. The van der Waals surface area contributed by atoms with Crippen molar-refractivity contribution in [3.05, 3.63) is 34.3 Å². The molecule has 1 aromatic rings. The quantitative estimate of drug-likeness (QED) is 0.781. The van der Waals surface area contributed by atoms with Crippen LogP contribution in [0.15, 0.2) is 18.2 Å². The van der Waals surface area contributed by atoms with E-state index in [1.165, 1.54) is 0 Å². The number of hydrogen-bond acceptors (Lipinski definition) is 4. The van der Waals surface area contributed by atoms with Crippen molar-refractivity contribution in [1.82, 2.24) is 10.2 Å². The van der Waals surface area contributed by atoms with E-state index in [2.05, 4.69) is 10.2 Å². The van der Waals surface area contributed by atoms with Crippen molar-refractivity contribution in [2.24, 2.45) is 5.92 Å². The van der Waals surface area contributed by atoms with Gasteiger partial charge in [-0.1, -0.05) is 11.6 Å². The van der Waals surface area contributed by atoms with Crippen LogP contribution in [0.4, 0.5) is 0 Å². The second kappa shape index (κ2) is 7.72. The minimum atomic E-state index is -0.945. The Morgan fingerprint density at radius 2 is 2.05 bits per heavy atom. The van der Waals surface area contributed by atoms with Crippen molar-refractivity contribution in [1.29, 1.82) is 0 Å². The van der Waals surface area contributed by atoms with Crippen molar-refractivity contribution >= 4 is 23.4 Å². The number of carboxylic acids is 1. The predicted octanol–water partition coefficient (Wildman–Crippen LogP) is 1.83. The number of hydrogen-bond donors (Lipinski definition) is 2. The first-order valence-corrected chi connectivity index (χ1v) is 7.80. The Balaban J connectivity index is 2.13. The van der Waals surface area contributed by atoms with Crippen molar-refractivity contribution in [2.75, 3.05) is 32.7 Å². The summed E-state index contributed by atoms with van der Waals surface area (Å²) in [5.74, 6) is -1.60. The largest absolute Gasteiger partial charge is 0.481 e. The highest BCUT2D eigenvalue weighted by Crippen LogP contribution is 2.20. The number of halogens is 1. The normalized spacial score (nSPS) is 17.2. The van der Waals surface area contributed by atoms with Gasteiger partial charge in [0.15, 0.2) is 5.78 Å². The van der Waals surface area contributed by atoms with Crippen molar-refractivity contribution in [3.63, 3.8) is 0 Å². The SMILES string of the molecule is Cc1cc(C(=O)C(CC(=O)O)CN2CCNCC2)ccc1Cl. The molecule has 1 fully saturated rings. The molecule has 120 valence electrons. The first-order valence-electron chi connectivity index (χ1n) is 7.42. The fourth-order valence-corrected chi connectivity index (χ4v) is 2.81. The maximum atomic E-state index is 12.7. The van der Waals surface area contributed by atoms with Gasteiger partial charge in [-0.15, -0.1) is 0 Å². The first kappa shape index (κ1) is 16.9. The third-order valence-corrected chi connectivity index (χ3v) is 4.35. The third kappa shape index (κ3) is 4.53. The summed E-state index contributed by atoms with van der Waals surface area (Å²) in [4.78, 5) is 25.9. The summed E-state index contributed by atoms with van der Waals surface area (Å²) in [5, 5.41) is 13.0. The van der Waals surface area contributed by atoms with E-state index in [1.54, 1.807) is 18.2 Å². The molecule has 5 nitrogen and oxygen atoms in total. The third-order valence-electron chi connectivity index (χ3n) is 3.92. The summed E-state index contributed by atoms with van der Waals surface area (Å²) in [6.45, 7) is 5.73. The van der Waals surface area contributed by atoms with Gasteiger partial charge < -0.3 is 15.3 Å². The number of Topliss-reactive ketones (excluding diaryl/α,β-unsaturated/α-hetero) is 1. The lowest BCUT2D eigenvalue weighted by Gasteiger charge is -2.30. The van der Waals surface area contributed by atoms with Gasteiger partial charge in [0.25, 0.3) is 0 Å². The molecule has 2 rings (SSSR count). The number of benzene rings is 1. The fraction of sp³-hybridized carbons (Fsp3) is 0.500. The number of carbonyl (C=O) groups is 2. The maximum absolute atomic E-state index is 12.7. The highest BCUT2D eigenvalue weighted by atomic mass is 35.5. The van der Waals surface area contributed by atoms with E-state index >= 15 is 0 Å². The van der Waals surface area contributed by atoms with Gasteiger partial charge >= 0.3 is 5.97 Å². The molecule has 1 atom stereocenters. The molecule has 1 aromatic carbocycles. The average Bonchev–Trinajstić information content (AvgIpc) is 2.49. The van der Waals surface area contributed by atoms with Crippen molar-refractivity contribution < 1.29 is 14.7 Å². The van der Waals surface area contributed by atoms with Crippen LogP contribution in [-0.4, -0.2) is 54.5 Å². The molecule has 22 heavy (non-hydrogen) atoms. The summed E-state index contributed by atoms with van der Waals surface area (Å²) in [5.41, 5.74) is 1.35. The van der Waals surface area contributed by atoms with Crippen LogP contribution < -0.4 is 5.32 Å². The van der Waals surface area contributed by atoms with Crippen LogP contribution >= 0.6 is 11.6 Å². The molecule has 0 spiro atoms. The van der Waals surface area contributed by atoms with E-state index in [9.17, 15) is 9.59 Å². The molecule has 0 amide bonds. The van der Waals surface area contributed by atoms with Gasteiger partial charge in [0.05, 0.1) is 6.42 Å². The molecule has 0 bridgehead atoms. The van der Waals surface area contributed by atoms with Gasteiger partial charge in [-0.05, 0) is 30.7 Å². The van der Waals surface area contributed by atoms with Crippen LogP contribution in [0.3, 0.4) is 0 Å². The molecule has 0 aromatic heterocycles. The Labute approximate surface area is 135 Å². The number of nitrogens with zero attached hydrogens (tertiary/aromatic N) is 1. The second-order valence-corrected chi connectivity index (χ2v) is 6.08. The van der Waals surface area contributed by atoms with Crippen LogP contribution in [0.25, 0.3) is 0 Å². The van der Waals surface area contributed by atoms with Gasteiger partial charge in [0.1, 0.15) is 0 Å². The molecule has 1 unspecified atom stereocenters. The van der Waals surface area contributed by atoms with E-state index < -0.39 is 11.9 Å². The van der Waals surface area contributed by atoms with Crippen LogP contribution in [0, 0.1) is 12.8 Å². The number of carboxylic acid groups (broad SMARTS) is 1. The number of piperazine rings is 1. The Hall–Kier alpha value is -1.43. The van der Waals surface area contributed by atoms with Gasteiger partial charge in [0, 0.05) is 49.2 Å². The molecule has 6 heteroatoms. The van der Waals surface area contributed by atoms with E-state index in [0.29, 0.717) is 17.1 Å². The van der Waals surface area contributed by atoms with E-state index in [0.717, 1.165) is 31.7 Å². The molecule has 0 saturated carbocycles. The number of nitrogens with one attached hydrogen (secondary N) is 1. The van der Waals surface area contributed by atoms with E-state index in [-0.39, 0.29) is 12.2 Å². The summed E-state index contributed by atoms with van der Waals surface area (Å²) in [7, 11) is 0. The lowest BCUT2D eigenvalue weighted by Crippen LogP contribution is -2.46. The lowest BCUT2D eigenvalue weighted by molar-refractivity contribution is -0.137. The molecule has 1 aliphatic rings. The zero-order valence-corrected chi connectivity index (χ0v) is 13.4. The van der Waals surface area contributed by atoms with Crippen LogP contribution in [0.2, 0.25) is 5.02 Å². The minimum absolute atomic E-state index is 0.124. The zero-order chi connectivity index (χ0) is 16.1. The highest BCUT2D eigenvalue weighted by Gasteiger charge is 2.26. The number of carbonyl (C=O) groups excluding carboxylic acids is 1. The standard InChI is InChI=1S/C16H21ClN2O3/c1-11-8-12(2-3-14(11)17)16(22)13(9-15(20)21)10-19-6-4-18-5-7-19/h2-3,8,13,18H,4-7,9-10H2,1H3,(H,20,21). The molecular formula is C16H21ClN2O3. The van der Waals surface area contributed by atoms with Crippen LogP contribution in [-0.2, 0) is 4.79 Å². The summed E-state index contributed by atoms with van der Waals surface area (Å²) >= 11 is 5.98. The van der Waals surface area contributed by atoms with Crippen LogP contribution in [0.5, 0.6) is 0 Å². The molecule has 1 aliphatic heterocycles. The van der Waals surface area contributed by atoms with Gasteiger partial charge in [-0.2, -0.15) is 0 Å². The van der Waals surface area contributed by atoms with Gasteiger partial charge in [-0.3, -0.25) is 9.59 Å². The predicted molar refractivity (Wildman–Crippen MR) is 85.6 cm³/mol. The fourth-order valence-electron chi connectivity index (χ4n) is 2.69. The smallest absolute Gasteiger partial charge is 0.304 e. The first-order chi connectivity index (χ1) is 10.5. The Morgan fingerprint density at radius 3 is 2.64 bits per heavy atom. The summed E-state index contributed by atoms with van der Waals surface area (Å²) < 4.78 is 0. The van der Waals surface area contributed by atoms with Crippen LogP contribution in [0.1, 0.15) is 22.3 Å². The number of rotatable bonds is 6. The average molecular weight is 325 g/mol. The Morgan fingerprint density at radius 1 is 1.36 bits per heavy atom. The van der Waals surface area contributed by atoms with Gasteiger partial charge in [-0.25, -0.2) is 0 Å². The zero-order valence-electron chi connectivity index (χ0n) is 12.6. The minimum Gasteiger partial charge on any atom is -0.481 e. The number of aliphatic carboxylic acids is 1. The van der Waals surface area contributed by atoms with Crippen molar-refractivity contribution in [3.8, 4) is 0 Å².